The number of imidazole rings is 1. The summed E-state index contributed by atoms with van der Waals surface area (Å²) in [5, 5.41) is 11.7. The molecule has 0 radical (unpaired) electrons. The van der Waals surface area contributed by atoms with Gasteiger partial charge in [0.25, 0.3) is 5.91 Å². The number of aromatic amines is 1. The maximum absolute atomic E-state index is 12.0. The van der Waals surface area contributed by atoms with Crippen LogP contribution < -0.4 is 5.32 Å². The summed E-state index contributed by atoms with van der Waals surface area (Å²) in [5.41, 5.74) is 2.04. The largest absolute Gasteiger partial charge is 0.480 e. The van der Waals surface area contributed by atoms with E-state index in [0.29, 0.717) is 11.3 Å². The van der Waals surface area contributed by atoms with Gasteiger partial charge in [0, 0.05) is 23.9 Å². The van der Waals surface area contributed by atoms with Crippen LogP contribution in [0.1, 0.15) is 21.6 Å². The number of aromatic nitrogens is 2. The van der Waals surface area contributed by atoms with Crippen molar-refractivity contribution < 1.29 is 14.7 Å². The molecular weight excluding hydrogens is 258 g/mol. The Hall–Kier alpha value is -2.63. The van der Waals surface area contributed by atoms with Crippen LogP contribution in [0.2, 0.25) is 0 Å². The molecule has 1 aromatic heterocycles. The third kappa shape index (κ3) is 3.44. The molecule has 3 N–H and O–H groups in total. The molecule has 2 rings (SSSR count). The third-order valence-electron chi connectivity index (χ3n) is 2.86. The second-order valence-electron chi connectivity index (χ2n) is 4.51. The molecule has 1 amide bonds. The number of amides is 1. The SMILES string of the molecule is Cc1cccc(C(=O)NC(Cc2cnc[nH]2)C(=O)O)c1. The van der Waals surface area contributed by atoms with Gasteiger partial charge in [-0.15, -0.1) is 0 Å². The standard InChI is InChI=1S/C14H15N3O3/c1-9-3-2-4-10(5-9)13(18)17-12(14(19)20)6-11-7-15-8-16-11/h2-5,7-8,12H,6H2,1H3,(H,15,16)(H,17,18)(H,19,20). The number of aliphatic carboxylic acids is 1. The molecule has 0 aliphatic carbocycles. The molecule has 1 heterocycles. The number of rotatable bonds is 5. The summed E-state index contributed by atoms with van der Waals surface area (Å²) in [6, 6.07) is 6.00. The van der Waals surface area contributed by atoms with Crippen LogP contribution in [0.5, 0.6) is 0 Å². The molecule has 20 heavy (non-hydrogen) atoms. The van der Waals surface area contributed by atoms with Crippen LogP contribution in [-0.4, -0.2) is 33.0 Å². The lowest BCUT2D eigenvalue weighted by Crippen LogP contribution is -2.42. The van der Waals surface area contributed by atoms with E-state index in [9.17, 15) is 14.7 Å². The first-order valence-corrected chi connectivity index (χ1v) is 6.14. The van der Waals surface area contributed by atoms with Crippen molar-refractivity contribution in [2.24, 2.45) is 0 Å². The number of H-pyrrole nitrogens is 1. The van der Waals surface area contributed by atoms with Crippen molar-refractivity contribution in [1.29, 1.82) is 0 Å². The van der Waals surface area contributed by atoms with Gasteiger partial charge >= 0.3 is 5.97 Å². The fraction of sp³-hybridized carbons (Fsp3) is 0.214. The highest BCUT2D eigenvalue weighted by Gasteiger charge is 2.21. The fourth-order valence-corrected chi connectivity index (χ4v) is 1.84. The van der Waals surface area contributed by atoms with Crippen molar-refractivity contribution in [2.45, 2.75) is 19.4 Å². The van der Waals surface area contributed by atoms with E-state index in [0.717, 1.165) is 5.56 Å². The quantitative estimate of drug-likeness (QED) is 0.761. The van der Waals surface area contributed by atoms with Crippen LogP contribution in [0, 0.1) is 6.92 Å². The Kier molecular flexibility index (Phi) is 4.14. The molecular formula is C14H15N3O3. The number of hydrogen-bond donors (Lipinski definition) is 3. The highest BCUT2D eigenvalue weighted by atomic mass is 16.4. The van der Waals surface area contributed by atoms with E-state index in [-0.39, 0.29) is 6.42 Å². The van der Waals surface area contributed by atoms with E-state index < -0.39 is 17.9 Å². The van der Waals surface area contributed by atoms with Crippen LogP contribution >= 0.6 is 0 Å². The number of nitrogens with one attached hydrogen (secondary N) is 2. The average Bonchev–Trinajstić information content (AvgIpc) is 2.90. The Balaban J connectivity index is 2.08. The summed E-state index contributed by atoms with van der Waals surface area (Å²) >= 11 is 0. The van der Waals surface area contributed by atoms with Crippen molar-refractivity contribution in [3.8, 4) is 0 Å². The summed E-state index contributed by atoms with van der Waals surface area (Å²) < 4.78 is 0. The van der Waals surface area contributed by atoms with Crippen LogP contribution in [0.3, 0.4) is 0 Å². The summed E-state index contributed by atoms with van der Waals surface area (Å²) in [4.78, 5) is 29.9. The number of carbonyl (C=O) groups is 2. The van der Waals surface area contributed by atoms with E-state index >= 15 is 0 Å². The molecule has 0 saturated carbocycles. The van der Waals surface area contributed by atoms with Crippen LogP contribution in [-0.2, 0) is 11.2 Å². The molecule has 1 aromatic carbocycles. The predicted octanol–water partition coefficient (Wildman–Crippen LogP) is 1.14. The first-order valence-electron chi connectivity index (χ1n) is 6.14. The first kappa shape index (κ1) is 13.8. The van der Waals surface area contributed by atoms with Crippen molar-refractivity contribution in [3.05, 3.63) is 53.6 Å². The minimum absolute atomic E-state index is 0.160. The van der Waals surface area contributed by atoms with Crippen LogP contribution in [0.4, 0.5) is 0 Å². The summed E-state index contributed by atoms with van der Waals surface area (Å²) in [6.07, 6.45) is 3.16. The maximum Gasteiger partial charge on any atom is 0.326 e. The van der Waals surface area contributed by atoms with E-state index in [1.165, 1.54) is 12.5 Å². The molecule has 1 atom stereocenters. The Morgan fingerprint density at radius 2 is 2.25 bits per heavy atom. The first-order chi connectivity index (χ1) is 9.56. The van der Waals surface area contributed by atoms with Gasteiger partial charge in [0.2, 0.25) is 0 Å². The van der Waals surface area contributed by atoms with Crippen molar-refractivity contribution in [1.82, 2.24) is 15.3 Å². The highest BCUT2D eigenvalue weighted by molar-refractivity contribution is 5.96. The second kappa shape index (κ2) is 6.01. The second-order valence-corrected chi connectivity index (χ2v) is 4.51. The van der Waals surface area contributed by atoms with E-state index in [4.69, 9.17) is 0 Å². The number of aryl methyl sites for hydroxylation is 1. The van der Waals surface area contributed by atoms with Crippen LogP contribution in [0.25, 0.3) is 0 Å². The number of benzene rings is 1. The molecule has 0 spiro atoms. The average molecular weight is 273 g/mol. The zero-order valence-electron chi connectivity index (χ0n) is 11.0. The molecule has 6 heteroatoms. The number of carbonyl (C=O) groups excluding carboxylic acids is 1. The summed E-state index contributed by atoms with van der Waals surface area (Å²) in [5.74, 6) is -1.48. The number of nitrogens with zero attached hydrogens (tertiary/aromatic N) is 1. The van der Waals surface area contributed by atoms with Gasteiger partial charge in [-0.25, -0.2) is 9.78 Å². The normalized spacial score (nSPS) is 11.8. The molecule has 2 aromatic rings. The van der Waals surface area contributed by atoms with Gasteiger partial charge in [-0.3, -0.25) is 4.79 Å². The van der Waals surface area contributed by atoms with Crippen LogP contribution in [0.15, 0.2) is 36.8 Å². The maximum atomic E-state index is 12.0. The molecule has 6 nitrogen and oxygen atoms in total. The van der Waals surface area contributed by atoms with E-state index in [2.05, 4.69) is 15.3 Å². The van der Waals surface area contributed by atoms with Gasteiger partial charge in [0.05, 0.1) is 6.33 Å². The van der Waals surface area contributed by atoms with E-state index in [1.807, 2.05) is 13.0 Å². The summed E-state index contributed by atoms with van der Waals surface area (Å²) in [7, 11) is 0. The number of hydrogen-bond acceptors (Lipinski definition) is 3. The zero-order valence-corrected chi connectivity index (χ0v) is 11.0. The Morgan fingerprint density at radius 3 is 2.85 bits per heavy atom. The van der Waals surface area contributed by atoms with Gasteiger partial charge in [-0.1, -0.05) is 17.7 Å². The van der Waals surface area contributed by atoms with Gasteiger partial charge < -0.3 is 15.4 Å². The van der Waals surface area contributed by atoms with Gasteiger partial charge in [0.1, 0.15) is 6.04 Å². The van der Waals surface area contributed by atoms with Crippen molar-refractivity contribution >= 4 is 11.9 Å². The Bertz CT molecular complexity index is 608. The van der Waals surface area contributed by atoms with Gasteiger partial charge in [0.15, 0.2) is 0 Å². The lowest BCUT2D eigenvalue weighted by atomic mass is 10.1. The zero-order chi connectivity index (χ0) is 14.5. The minimum atomic E-state index is -1.08. The van der Waals surface area contributed by atoms with Crippen molar-refractivity contribution in [2.75, 3.05) is 0 Å². The Labute approximate surface area is 115 Å². The lowest BCUT2D eigenvalue weighted by Gasteiger charge is -2.13. The molecule has 1 unspecified atom stereocenters. The molecule has 0 bridgehead atoms. The topological polar surface area (TPSA) is 95.1 Å². The number of carboxylic acids is 1. The third-order valence-corrected chi connectivity index (χ3v) is 2.86. The summed E-state index contributed by atoms with van der Waals surface area (Å²) in [6.45, 7) is 1.87. The van der Waals surface area contributed by atoms with Crippen molar-refractivity contribution in [3.63, 3.8) is 0 Å². The highest BCUT2D eigenvalue weighted by Crippen LogP contribution is 2.05. The monoisotopic (exact) mass is 273 g/mol. The minimum Gasteiger partial charge on any atom is -0.480 e. The lowest BCUT2D eigenvalue weighted by molar-refractivity contribution is -0.139. The van der Waals surface area contributed by atoms with E-state index in [1.54, 1.807) is 18.2 Å². The fourth-order valence-electron chi connectivity index (χ4n) is 1.84. The molecule has 0 fully saturated rings. The number of carboxylic acid groups (broad SMARTS) is 1. The molecule has 104 valence electrons. The van der Waals surface area contributed by atoms with Gasteiger partial charge in [-0.2, -0.15) is 0 Å². The smallest absolute Gasteiger partial charge is 0.326 e. The molecule has 0 aliphatic heterocycles. The Morgan fingerprint density at radius 1 is 1.45 bits per heavy atom. The van der Waals surface area contributed by atoms with Gasteiger partial charge in [-0.05, 0) is 19.1 Å². The molecule has 0 aliphatic rings. The molecule has 0 saturated heterocycles. The predicted molar refractivity (Wildman–Crippen MR) is 72.4 cm³/mol.